The third-order valence-corrected chi connectivity index (χ3v) is 4.67. The number of amides is 1. The van der Waals surface area contributed by atoms with Crippen LogP contribution in [0.15, 0.2) is 48.5 Å². The van der Waals surface area contributed by atoms with Gasteiger partial charge in [-0.2, -0.15) is 0 Å². The molecule has 0 radical (unpaired) electrons. The second-order valence-corrected chi connectivity index (χ2v) is 6.38. The Labute approximate surface area is 152 Å². The molecule has 1 amide bonds. The number of carbonyl (C=O) groups excluding carboxylic acids is 1. The molecule has 0 aliphatic carbocycles. The number of fused-ring (bicyclic) bond motifs is 1. The van der Waals surface area contributed by atoms with Crippen molar-refractivity contribution in [3.05, 3.63) is 54.1 Å². The molecule has 2 aromatic rings. The van der Waals surface area contributed by atoms with E-state index in [2.05, 4.69) is 5.32 Å². The number of rotatable bonds is 5. The molecule has 2 aromatic carbocycles. The lowest BCUT2D eigenvalue weighted by Crippen LogP contribution is -2.43. The third-order valence-electron chi connectivity index (χ3n) is 4.67. The third kappa shape index (κ3) is 3.52. The maximum absolute atomic E-state index is 12.6. The molecule has 4 rings (SSSR count). The summed E-state index contributed by atoms with van der Waals surface area (Å²) >= 11 is 0. The van der Waals surface area contributed by atoms with E-state index in [9.17, 15) is 4.79 Å². The van der Waals surface area contributed by atoms with E-state index in [0.29, 0.717) is 30.3 Å². The molecule has 0 bridgehead atoms. The van der Waals surface area contributed by atoms with Crippen molar-refractivity contribution in [1.29, 1.82) is 0 Å². The van der Waals surface area contributed by atoms with Crippen LogP contribution in [0.3, 0.4) is 0 Å². The molecule has 6 heteroatoms. The van der Waals surface area contributed by atoms with Gasteiger partial charge in [0.25, 0.3) is 5.91 Å². The van der Waals surface area contributed by atoms with Crippen molar-refractivity contribution in [3.8, 4) is 17.2 Å². The topological polar surface area (TPSA) is 66.0 Å². The van der Waals surface area contributed by atoms with E-state index in [1.165, 1.54) is 0 Å². The van der Waals surface area contributed by atoms with E-state index >= 15 is 0 Å². The lowest BCUT2D eigenvalue weighted by molar-refractivity contribution is 0.0656. The molecule has 2 fully saturated rings. The lowest BCUT2D eigenvalue weighted by atomic mass is 10.1. The number of hydrogen-bond donors (Lipinski definition) is 1. The van der Waals surface area contributed by atoms with Crippen molar-refractivity contribution in [2.75, 3.05) is 20.3 Å². The fourth-order valence-electron chi connectivity index (χ4n) is 3.32. The van der Waals surface area contributed by atoms with Crippen LogP contribution in [0, 0.1) is 0 Å². The highest BCUT2D eigenvalue weighted by Crippen LogP contribution is 2.27. The molecular weight excluding hydrogens is 334 g/mol. The molecule has 2 saturated heterocycles. The molecule has 6 nitrogen and oxygen atoms in total. The fraction of sp³-hybridized carbons (Fsp3) is 0.350. The first-order valence-electron chi connectivity index (χ1n) is 8.69. The predicted molar refractivity (Wildman–Crippen MR) is 94.9 cm³/mol. The highest BCUT2D eigenvalue weighted by atomic mass is 16.6. The fourth-order valence-corrected chi connectivity index (χ4v) is 3.32. The minimum atomic E-state index is -0.157. The number of carbonyl (C=O) groups is 1. The van der Waals surface area contributed by atoms with Crippen molar-refractivity contribution in [1.82, 2.24) is 5.32 Å². The van der Waals surface area contributed by atoms with Gasteiger partial charge in [0, 0.05) is 12.2 Å². The zero-order chi connectivity index (χ0) is 17.9. The summed E-state index contributed by atoms with van der Waals surface area (Å²) in [6, 6.07) is 14.3. The molecule has 3 atom stereocenters. The zero-order valence-electron chi connectivity index (χ0n) is 14.5. The van der Waals surface area contributed by atoms with Crippen LogP contribution in [0.2, 0.25) is 0 Å². The van der Waals surface area contributed by atoms with Crippen LogP contribution in [0.5, 0.6) is 17.2 Å². The van der Waals surface area contributed by atoms with E-state index in [0.717, 1.165) is 12.2 Å². The predicted octanol–water partition coefficient (Wildman–Crippen LogP) is 2.77. The minimum Gasteiger partial charge on any atom is -0.497 e. The smallest absolute Gasteiger partial charge is 0.251 e. The maximum Gasteiger partial charge on any atom is 0.251 e. The Hall–Kier alpha value is -2.57. The average Bonchev–Trinajstić information content (AvgIpc) is 3.28. The van der Waals surface area contributed by atoms with E-state index in [1.54, 1.807) is 25.3 Å². The number of ether oxygens (including phenoxy) is 4. The highest BCUT2D eigenvalue weighted by Gasteiger charge is 2.42. The van der Waals surface area contributed by atoms with Crippen LogP contribution in [0.4, 0.5) is 0 Å². The summed E-state index contributed by atoms with van der Waals surface area (Å²) in [5, 5.41) is 3.01. The van der Waals surface area contributed by atoms with Gasteiger partial charge in [0.05, 0.1) is 25.9 Å². The van der Waals surface area contributed by atoms with E-state index in [1.807, 2.05) is 30.3 Å². The van der Waals surface area contributed by atoms with Gasteiger partial charge in [-0.15, -0.1) is 0 Å². The normalized spacial score (nSPS) is 24.1. The van der Waals surface area contributed by atoms with Crippen molar-refractivity contribution >= 4 is 5.91 Å². The van der Waals surface area contributed by atoms with Crippen molar-refractivity contribution in [2.24, 2.45) is 0 Å². The number of methoxy groups -OCH3 is 1. The quantitative estimate of drug-likeness (QED) is 0.893. The van der Waals surface area contributed by atoms with Gasteiger partial charge in [-0.05, 0) is 48.9 Å². The summed E-state index contributed by atoms with van der Waals surface area (Å²) in [6.45, 7) is 1.18. The molecule has 2 aliphatic heterocycles. The van der Waals surface area contributed by atoms with E-state index in [4.69, 9.17) is 18.9 Å². The Kier molecular flexibility index (Phi) is 4.77. The summed E-state index contributed by atoms with van der Waals surface area (Å²) in [5.41, 5.74) is 0.539. The van der Waals surface area contributed by atoms with Gasteiger partial charge in [-0.25, -0.2) is 0 Å². The summed E-state index contributed by atoms with van der Waals surface area (Å²) < 4.78 is 22.3. The lowest BCUT2D eigenvalue weighted by Gasteiger charge is -2.17. The van der Waals surface area contributed by atoms with E-state index < -0.39 is 0 Å². The molecule has 0 aromatic heterocycles. The number of nitrogens with one attached hydrogen (secondary N) is 1. The SMILES string of the molecule is COc1ccc(Oc2cccc(C(=O)NC3COC4CCOC34)c2)cc1. The van der Waals surface area contributed by atoms with Crippen LogP contribution in [0.25, 0.3) is 0 Å². The summed E-state index contributed by atoms with van der Waals surface area (Å²) in [6.07, 6.45) is 0.949. The maximum atomic E-state index is 12.6. The van der Waals surface area contributed by atoms with Crippen LogP contribution in [0.1, 0.15) is 16.8 Å². The Morgan fingerprint density at radius 1 is 1.08 bits per heavy atom. The molecule has 0 saturated carbocycles. The van der Waals surface area contributed by atoms with Crippen molar-refractivity contribution in [3.63, 3.8) is 0 Å². The highest BCUT2D eigenvalue weighted by molar-refractivity contribution is 5.94. The van der Waals surface area contributed by atoms with Gasteiger partial charge in [0.15, 0.2) is 0 Å². The summed E-state index contributed by atoms with van der Waals surface area (Å²) in [4.78, 5) is 12.6. The number of hydrogen-bond acceptors (Lipinski definition) is 5. The second-order valence-electron chi connectivity index (χ2n) is 6.38. The second kappa shape index (κ2) is 7.35. The monoisotopic (exact) mass is 355 g/mol. The van der Waals surface area contributed by atoms with Gasteiger partial charge in [-0.3, -0.25) is 4.79 Å². The summed E-state index contributed by atoms with van der Waals surface area (Å²) in [7, 11) is 1.62. The van der Waals surface area contributed by atoms with Gasteiger partial charge in [0.2, 0.25) is 0 Å². The van der Waals surface area contributed by atoms with Crippen LogP contribution >= 0.6 is 0 Å². The number of benzene rings is 2. The van der Waals surface area contributed by atoms with Gasteiger partial charge < -0.3 is 24.3 Å². The largest absolute Gasteiger partial charge is 0.497 e. The van der Waals surface area contributed by atoms with Gasteiger partial charge >= 0.3 is 0 Å². The standard InChI is InChI=1S/C20H21NO5/c1-23-14-5-7-15(8-6-14)26-16-4-2-3-13(11-16)20(22)21-17-12-25-18-9-10-24-19(17)18/h2-8,11,17-19H,9-10,12H2,1H3,(H,21,22). The molecule has 2 aliphatic rings. The van der Waals surface area contributed by atoms with E-state index in [-0.39, 0.29) is 24.2 Å². The molecule has 1 N–H and O–H groups in total. The molecule has 136 valence electrons. The first-order valence-corrected chi connectivity index (χ1v) is 8.69. The molecule has 3 unspecified atom stereocenters. The molecule has 26 heavy (non-hydrogen) atoms. The average molecular weight is 355 g/mol. The van der Waals surface area contributed by atoms with Gasteiger partial charge in [0.1, 0.15) is 23.4 Å². The minimum absolute atomic E-state index is 0.0438. The van der Waals surface area contributed by atoms with Crippen molar-refractivity contribution in [2.45, 2.75) is 24.7 Å². The van der Waals surface area contributed by atoms with Gasteiger partial charge in [-0.1, -0.05) is 6.07 Å². The first-order chi connectivity index (χ1) is 12.7. The molecular formula is C20H21NO5. The van der Waals surface area contributed by atoms with Crippen molar-refractivity contribution < 1.29 is 23.7 Å². The van der Waals surface area contributed by atoms with Crippen LogP contribution in [-0.4, -0.2) is 44.5 Å². The summed E-state index contributed by atoms with van der Waals surface area (Å²) in [5.74, 6) is 1.88. The molecule has 2 heterocycles. The Bertz CT molecular complexity index is 776. The van der Waals surface area contributed by atoms with Crippen LogP contribution < -0.4 is 14.8 Å². The first kappa shape index (κ1) is 16.9. The van der Waals surface area contributed by atoms with Crippen LogP contribution in [-0.2, 0) is 9.47 Å². The Morgan fingerprint density at radius 2 is 1.88 bits per heavy atom. The Balaban J connectivity index is 1.42. The molecule has 0 spiro atoms. The Morgan fingerprint density at radius 3 is 2.69 bits per heavy atom. The zero-order valence-corrected chi connectivity index (χ0v) is 14.5.